The third-order valence-corrected chi connectivity index (χ3v) is 3.59. The molecule has 2 aromatic rings. The fourth-order valence-corrected chi connectivity index (χ4v) is 2.34. The minimum atomic E-state index is -0.323. The molecular weight excluding hydrogens is 334 g/mol. The summed E-state index contributed by atoms with van der Waals surface area (Å²) in [7, 11) is 4.65. The van der Waals surface area contributed by atoms with E-state index in [0.29, 0.717) is 28.7 Å². The van der Waals surface area contributed by atoms with Gasteiger partial charge in [0.05, 0.1) is 27.0 Å². The molecule has 0 radical (unpaired) electrons. The Morgan fingerprint density at radius 3 is 2.35 bits per heavy atom. The zero-order valence-corrected chi connectivity index (χ0v) is 15.4. The fraction of sp³-hybridized carbons (Fsp3) is 0.250. The van der Waals surface area contributed by atoms with Crippen LogP contribution in [0.3, 0.4) is 0 Å². The van der Waals surface area contributed by atoms with Gasteiger partial charge in [0.2, 0.25) is 0 Å². The molecule has 0 atom stereocenters. The van der Waals surface area contributed by atoms with Gasteiger partial charge in [-0.2, -0.15) is 0 Å². The van der Waals surface area contributed by atoms with Gasteiger partial charge in [0, 0.05) is 6.07 Å². The Balaban J connectivity index is 2.05. The van der Waals surface area contributed by atoms with E-state index >= 15 is 0 Å². The standard InChI is InChI=1S/C20H23NO5/c1-5-6-14-7-9-18(19(11-14)25-4)26-13-20(22)21-16-12-15(23-2)8-10-17(16)24-3/h5-12H,13H2,1-4H3,(H,21,22). The summed E-state index contributed by atoms with van der Waals surface area (Å²) < 4.78 is 21.3. The molecule has 0 heterocycles. The quantitative estimate of drug-likeness (QED) is 0.779. The average molecular weight is 357 g/mol. The van der Waals surface area contributed by atoms with Crippen LogP contribution in [0.1, 0.15) is 12.5 Å². The van der Waals surface area contributed by atoms with Crippen molar-refractivity contribution in [2.24, 2.45) is 0 Å². The van der Waals surface area contributed by atoms with Crippen LogP contribution in [-0.2, 0) is 4.79 Å². The fourth-order valence-electron chi connectivity index (χ4n) is 2.34. The molecule has 138 valence electrons. The van der Waals surface area contributed by atoms with Gasteiger partial charge < -0.3 is 24.3 Å². The summed E-state index contributed by atoms with van der Waals surface area (Å²) in [4.78, 5) is 12.2. The first-order valence-electron chi connectivity index (χ1n) is 8.06. The van der Waals surface area contributed by atoms with Gasteiger partial charge in [0.25, 0.3) is 5.91 Å². The molecule has 0 bridgehead atoms. The second kappa shape index (κ2) is 9.36. The van der Waals surface area contributed by atoms with Crippen LogP contribution >= 0.6 is 0 Å². The van der Waals surface area contributed by atoms with E-state index in [-0.39, 0.29) is 12.5 Å². The highest BCUT2D eigenvalue weighted by Crippen LogP contribution is 2.30. The van der Waals surface area contributed by atoms with Gasteiger partial charge in [-0.1, -0.05) is 18.2 Å². The second-order valence-electron chi connectivity index (χ2n) is 5.31. The van der Waals surface area contributed by atoms with Crippen LogP contribution in [-0.4, -0.2) is 33.8 Å². The third-order valence-electron chi connectivity index (χ3n) is 3.59. The van der Waals surface area contributed by atoms with Crippen LogP contribution in [0.5, 0.6) is 23.0 Å². The molecule has 0 aliphatic carbocycles. The van der Waals surface area contributed by atoms with E-state index in [1.54, 1.807) is 38.5 Å². The number of carbonyl (C=O) groups is 1. The van der Waals surface area contributed by atoms with Gasteiger partial charge in [-0.15, -0.1) is 0 Å². The molecule has 1 amide bonds. The molecule has 0 aromatic heterocycles. The molecule has 1 N–H and O–H groups in total. The van der Waals surface area contributed by atoms with Crippen molar-refractivity contribution >= 4 is 17.7 Å². The van der Waals surface area contributed by atoms with Crippen LogP contribution < -0.4 is 24.3 Å². The van der Waals surface area contributed by atoms with Crippen molar-refractivity contribution in [3.63, 3.8) is 0 Å². The lowest BCUT2D eigenvalue weighted by molar-refractivity contribution is -0.118. The van der Waals surface area contributed by atoms with Gasteiger partial charge in [0.15, 0.2) is 18.1 Å². The van der Waals surface area contributed by atoms with Crippen LogP contribution in [0.15, 0.2) is 42.5 Å². The van der Waals surface area contributed by atoms with E-state index in [2.05, 4.69) is 5.32 Å². The average Bonchev–Trinajstić information content (AvgIpc) is 2.67. The number of amides is 1. The number of hydrogen-bond acceptors (Lipinski definition) is 5. The largest absolute Gasteiger partial charge is 0.497 e. The van der Waals surface area contributed by atoms with Crippen LogP contribution in [0.25, 0.3) is 6.08 Å². The minimum absolute atomic E-state index is 0.167. The number of rotatable bonds is 8. The summed E-state index contributed by atoms with van der Waals surface area (Å²) in [6, 6.07) is 10.7. The topological polar surface area (TPSA) is 66.0 Å². The van der Waals surface area contributed by atoms with E-state index in [4.69, 9.17) is 18.9 Å². The number of methoxy groups -OCH3 is 3. The van der Waals surface area contributed by atoms with Crippen LogP contribution in [0.2, 0.25) is 0 Å². The summed E-state index contributed by atoms with van der Waals surface area (Å²) >= 11 is 0. The lowest BCUT2D eigenvalue weighted by Gasteiger charge is -2.13. The van der Waals surface area contributed by atoms with E-state index in [9.17, 15) is 4.79 Å². The van der Waals surface area contributed by atoms with Gasteiger partial charge in [-0.05, 0) is 36.8 Å². The van der Waals surface area contributed by atoms with Crippen molar-refractivity contribution in [2.75, 3.05) is 33.3 Å². The zero-order valence-electron chi connectivity index (χ0n) is 15.4. The lowest BCUT2D eigenvalue weighted by atomic mass is 10.2. The summed E-state index contributed by atoms with van der Waals surface area (Å²) in [6.07, 6.45) is 3.89. The molecule has 0 aliphatic rings. The maximum atomic E-state index is 12.2. The van der Waals surface area contributed by atoms with E-state index in [1.165, 1.54) is 7.11 Å². The van der Waals surface area contributed by atoms with Crippen molar-refractivity contribution in [1.82, 2.24) is 0 Å². The van der Waals surface area contributed by atoms with Crippen LogP contribution in [0, 0.1) is 0 Å². The zero-order chi connectivity index (χ0) is 18.9. The van der Waals surface area contributed by atoms with E-state index in [1.807, 2.05) is 31.2 Å². The number of ether oxygens (including phenoxy) is 4. The number of allylic oxidation sites excluding steroid dienone is 1. The highest BCUT2D eigenvalue weighted by Gasteiger charge is 2.11. The number of nitrogens with one attached hydrogen (secondary N) is 1. The molecular formula is C20H23NO5. The summed E-state index contributed by atoms with van der Waals surface area (Å²) in [5.41, 5.74) is 1.50. The molecule has 26 heavy (non-hydrogen) atoms. The highest BCUT2D eigenvalue weighted by molar-refractivity contribution is 5.93. The molecule has 0 spiro atoms. The second-order valence-corrected chi connectivity index (χ2v) is 5.31. The molecule has 2 rings (SSSR count). The van der Waals surface area contributed by atoms with Crippen molar-refractivity contribution in [2.45, 2.75) is 6.92 Å². The molecule has 0 saturated heterocycles. The molecule has 0 unspecified atom stereocenters. The molecule has 6 heteroatoms. The summed E-state index contributed by atoms with van der Waals surface area (Å²) in [5, 5.41) is 2.75. The van der Waals surface area contributed by atoms with Crippen molar-refractivity contribution in [1.29, 1.82) is 0 Å². The minimum Gasteiger partial charge on any atom is -0.497 e. The smallest absolute Gasteiger partial charge is 0.262 e. The maximum absolute atomic E-state index is 12.2. The molecule has 0 fully saturated rings. The summed E-state index contributed by atoms with van der Waals surface area (Å²) in [6.45, 7) is 1.77. The first-order chi connectivity index (χ1) is 12.6. The predicted molar refractivity (Wildman–Crippen MR) is 101 cm³/mol. The van der Waals surface area contributed by atoms with Crippen molar-refractivity contribution in [3.05, 3.63) is 48.0 Å². The lowest BCUT2D eigenvalue weighted by Crippen LogP contribution is -2.20. The van der Waals surface area contributed by atoms with E-state index < -0.39 is 0 Å². The Bertz CT molecular complexity index is 786. The Hall–Kier alpha value is -3.15. The first kappa shape index (κ1) is 19.2. The number of hydrogen-bond donors (Lipinski definition) is 1. The predicted octanol–water partition coefficient (Wildman–Crippen LogP) is 3.76. The first-order valence-corrected chi connectivity index (χ1v) is 8.06. The van der Waals surface area contributed by atoms with Gasteiger partial charge >= 0.3 is 0 Å². The number of carbonyl (C=O) groups excluding carboxylic acids is 1. The monoisotopic (exact) mass is 357 g/mol. The SMILES string of the molecule is CC=Cc1ccc(OCC(=O)Nc2cc(OC)ccc2OC)c(OC)c1. The third kappa shape index (κ3) is 4.92. The van der Waals surface area contributed by atoms with Gasteiger partial charge in [-0.25, -0.2) is 0 Å². The van der Waals surface area contributed by atoms with E-state index in [0.717, 1.165) is 5.56 Å². The number of anilines is 1. The van der Waals surface area contributed by atoms with Gasteiger partial charge in [-0.3, -0.25) is 4.79 Å². The maximum Gasteiger partial charge on any atom is 0.262 e. The molecule has 2 aromatic carbocycles. The Morgan fingerprint density at radius 2 is 1.69 bits per heavy atom. The molecule has 0 saturated carbocycles. The van der Waals surface area contributed by atoms with Crippen LogP contribution in [0.4, 0.5) is 5.69 Å². The Morgan fingerprint density at radius 1 is 0.962 bits per heavy atom. The number of benzene rings is 2. The van der Waals surface area contributed by atoms with Crippen molar-refractivity contribution < 1.29 is 23.7 Å². The Labute approximate surface area is 153 Å². The molecule has 6 nitrogen and oxygen atoms in total. The van der Waals surface area contributed by atoms with Gasteiger partial charge in [0.1, 0.15) is 11.5 Å². The highest BCUT2D eigenvalue weighted by atomic mass is 16.5. The molecule has 0 aliphatic heterocycles. The van der Waals surface area contributed by atoms with Crippen molar-refractivity contribution in [3.8, 4) is 23.0 Å². The summed E-state index contributed by atoms with van der Waals surface area (Å²) in [5.74, 6) is 1.88. The Kier molecular flexibility index (Phi) is 6.91. The normalized spacial score (nSPS) is 10.5.